The molecule has 0 saturated heterocycles. The quantitative estimate of drug-likeness (QED) is 0.828. The van der Waals surface area contributed by atoms with Gasteiger partial charge in [-0.3, -0.25) is 0 Å². The summed E-state index contributed by atoms with van der Waals surface area (Å²) in [5.74, 6) is 1.90. The number of fused-ring (bicyclic) bond motifs is 4. The predicted octanol–water partition coefficient (Wildman–Crippen LogP) is 2.94. The summed E-state index contributed by atoms with van der Waals surface area (Å²) in [6.07, 6.45) is 2.31. The first kappa shape index (κ1) is 14.3. The van der Waals surface area contributed by atoms with E-state index in [0.717, 1.165) is 21.3 Å². The number of benzene rings is 1. The zero-order chi connectivity index (χ0) is 16.0. The van der Waals surface area contributed by atoms with Crippen molar-refractivity contribution in [3.8, 4) is 17.4 Å². The molecule has 1 aromatic carbocycles. The number of rotatable bonds is 1. The van der Waals surface area contributed by atoms with Crippen molar-refractivity contribution in [3.05, 3.63) is 46.1 Å². The lowest BCUT2D eigenvalue weighted by Gasteiger charge is -2.39. The van der Waals surface area contributed by atoms with E-state index in [9.17, 15) is 0 Å². The third-order valence-corrected chi connectivity index (χ3v) is 4.61. The molecule has 1 atom stereocenters. The van der Waals surface area contributed by atoms with E-state index < -0.39 is 5.54 Å². The first-order valence-corrected chi connectivity index (χ1v) is 7.92. The van der Waals surface area contributed by atoms with Gasteiger partial charge in [0.05, 0.1) is 19.9 Å². The van der Waals surface area contributed by atoms with Crippen LogP contribution >= 0.6 is 15.9 Å². The van der Waals surface area contributed by atoms with Crippen molar-refractivity contribution in [2.45, 2.75) is 12.0 Å². The van der Waals surface area contributed by atoms with Crippen LogP contribution in [0, 0.1) is 0 Å². The average molecular weight is 376 g/mol. The number of nitrogens with zero attached hydrogens (tertiary/aromatic N) is 2. The maximum absolute atomic E-state index is 6.00. The van der Waals surface area contributed by atoms with E-state index in [1.807, 2.05) is 24.3 Å². The van der Waals surface area contributed by atoms with E-state index >= 15 is 0 Å². The number of aliphatic imine (C=N–C) groups is 1. The van der Waals surface area contributed by atoms with E-state index in [2.05, 4.69) is 25.9 Å². The molecule has 0 bridgehead atoms. The molecule has 0 amide bonds. The molecule has 0 aliphatic carbocycles. The second-order valence-electron chi connectivity index (χ2n) is 5.37. The van der Waals surface area contributed by atoms with Gasteiger partial charge in [0.1, 0.15) is 11.3 Å². The zero-order valence-corrected chi connectivity index (χ0v) is 14.0. The number of hydrogen-bond donors (Lipinski definition) is 1. The van der Waals surface area contributed by atoms with Crippen LogP contribution in [0.25, 0.3) is 0 Å². The molecule has 7 heteroatoms. The Labute approximate surface area is 141 Å². The molecule has 1 spiro atoms. The predicted molar refractivity (Wildman–Crippen MR) is 88.0 cm³/mol. The Hall–Kier alpha value is -2.28. The Bertz CT molecular complexity index is 824. The van der Waals surface area contributed by atoms with Crippen LogP contribution in [-0.4, -0.2) is 24.7 Å². The Morgan fingerprint density at radius 3 is 2.87 bits per heavy atom. The summed E-state index contributed by atoms with van der Waals surface area (Å²) in [7, 11) is 1.58. The van der Waals surface area contributed by atoms with Crippen LogP contribution < -0.4 is 15.2 Å². The Morgan fingerprint density at radius 1 is 1.26 bits per heavy atom. The second-order valence-corrected chi connectivity index (χ2v) is 6.29. The highest BCUT2D eigenvalue weighted by Crippen LogP contribution is 2.52. The van der Waals surface area contributed by atoms with Crippen molar-refractivity contribution in [2.24, 2.45) is 10.7 Å². The summed E-state index contributed by atoms with van der Waals surface area (Å²) in [6, 6.07) is 7.87. The molecule has 4 rings (SSSR count). The summed E-state index contributed by atoms with van der Waals surface area (Å²) in [6.45, 7) is 0.478. The first-order valence-electron chi connectivity index (χ1n) is 7.13. The summed E-state index contributed by atoms with van der Waals surface area (Å²) >= 11 is 3.52. The van der Waals surface area contributed by atoms with Crippen molar-refractivity contribution in [1.82, 2.24) is 4.98 Å². The highest BCUT2D eigenvalue weighted by Gasteiger charge is 2.45. The number of halogens is 1. The van der Waals surface area contributed by atoms with Crippen LogP contribution in [0.1, 0.15) is 17.5 Å². The van der Waals surface area contributed by atoms with Gasteiger partial charge in [0.25, 0.3) is 6.02 Å². The van der Waals surface area contributed by atoms with Crippen molar-refractivity contribution >= 4 is 22.0 Å². The summed E-state index contributed by atoms with van der Waals surface area (Å²) in [5.41, 5.74) is 7.05. The molecule has 6 nitrogen and oxygen atoms in total. The Balaban J connectivity index is 2.03. The van der Waals surface area contributed by atoms with Gasteiger partial charge in [0.15, 0.2) is 5.75 Å². The third kappa shape index (κ3) is 2.15. The monoisotopic (exact) mass is 375 g/mol. The fraction of sp³-hybridized carbons (Fsp3) is 0.250. The topological polar surface area (TPSA) is 79.0 Å². The zero-order valence-electron chi connectivity index (χ0n) is 12.4. The Morgan fingerprint density at radius 2 is 2.09 bits per heavy atom. The van der Waals surface area contributed by atoms with Gasteiger partial charge in [-0.15, -0.1) is 0 Å². The normalized spacial score (nSPS) is 21.6. The molecule has 2 aliphatic heterocycles. The summed E-state index contributed by atoms with van der Waals surface area (Å²) in [5, 5.41) is 0. The van der Waals surface area contributed by atoms with E-state index in [1.54, 1.807) is 13.3 Å². The molecule has 1 aromatic heterocycles. The number of methoxy groups -OCH3 is 1. The van der Waals surface area contributed by atoms with Crippen molar-refractivity contribution in [1.29, 1.82) is 0 Å². The van der Waals surface area contributed by atoms with Crippen LogP contribution in [0.5, 0.6) is 17.4 Å². The maximum atomic E-state index is 6.00. The molecule has 2 aliphatic rings. The van der Waals surface area contributed by atoms with Crippen LogP contribution in [-0.2, 0) is 10.3 Å². The Kier molecular flexibility index (Phi) is 3.19. The minimum atomic E-state index is -0.661. The minimum Gasteiger partial charge on any atom is -0.481 e. The largest absolute Gasteiger partial charge is 0.481 e. The SMILES string of the molecule is COc1cc2c(cn1)Oc1ccc(Br)cc1[C@@]21CCOC(N)=N1. The van der Waals surface area contributed by atoms with Crippen LogP contribution in [0.2, 0.25) is 0 Å². The molecule has 0 radical (unpaired) electrons. The van der Waals surface area contributed by atoms with Gasteiger partial charge in [0.2, 0.25) is 5.88 Å². The molecule has 2 aromatic rings. The molecule has 2 N–H and O–H groups in total. The second kappa shape index (κ2) is 5.13. The standard InChI is InChI=1S/C16H14BrN3O3/c1-21-14-7-11-13(8-19-14)23-12-3-2-9(17)6-10(12)16(11)4-5-22-15(18)20-16/h2-3,6-8H,4-5H2,1H3,(H2,18,20)/t16-/m0/s1. The molecule has 118 valence electrons. The molecule has 0 fully saturated rings. The van der Waals surface area contributed by atoms with Crippen molar-refractivity contribution < 1.29 is 14.2 Å². The van der Waals surface area contributed by atoms with E-state index in [4.69, 9.17) is 19.9 Å². The number of aromatic nitrogens is 1. The first-order chi connectivity index (χ1) is 11.1. The maximum Gasteiger partial charge on any atom is 0.283 e. The highest BCUT2D eigenvalue weighted by molar-refractivity contribution is 9.10. The summed E-state index contributed by atoms with van der Waals surface area (Å²) in [4.78, 5) is 8.89. The highest BCUT2D eigenvalue weighted by atomic mass is 79.9. The fourth-order valence-corrected chi connectivity index (χ4v) is 3.45. The molecule has 0 saturated carbocycles. The van der Waals surface area contributed by atoms with Crippen molar-refractivity contribution in [3.63, 3.8) is 0 Å². The van der Waals surface area contributed by atoms with Gasteiger partial charge in [-0.1, -0.05) is 15.9 Å². The molecule has 23 heavy (non-hydrogen) atoms. The van der Waals surface area contributed by atoms with Gasteiger partial charge in [-0.05, 0) is 18.2 Å². The van der Waals surface area contributed by atoms with Crippen LogP contribution in [0.3, 0.4) is 0 Å². The average Bonchev–Trinajstić information content (AvgIpc) is 2.56. The molecular weight excluding hydrogens is 362 g/mol. The van der Waals surface area contributed by atoms with Crippen LogP contribution in [0.15, 0.2) is 39.9 Å². The lowest BCUT2D eigenvalue weighted by atomic mass is 9.78. The molecular formula is C16H14BrN3O3. The van der Waals surface area contributed by atoms with Gasteiger partial charge in [-0.2, -0.15) is 0 Å². The van der Waals surface area contributed by atoms with Gasteiger partial charge in [0, 0.05) is 28.1 Å². The van der Waals surface area contributed by atoms with E-state index in [1.165, 1.54) is 0 Å². The number of nitrogens with two attached hydrogens (primary N) is 1. The van der Waals surface area contributed by atoms with E-state index in [0.29, 0.717) is 24.7 Å². The molecule has 0 unspecified atom stereocenters. The van der Waals surface area contributed by atoms with Gasteiger partial charge < -0.3 is 19.9 Å². The lowest BCUT2D eigenvalue weighted by molar-refractivity contribution is 0.218. The van der Waals surface area contributed by atoms with Gasteiger partial charge >= 0.3 is 0 Å². The van der Waals surface area contributed by atoms with Gasteiger partial charge in [-0.25, -0.2) is 9.98 Å². The fourth-order valence-electron chi connectivity index (χ4n) is 3.09. The number of pyridine rings is 1. The smallest absolute Gasteiger partial charge is 0.283 e. The number of ether oxygens (including phenoxy) is 3. The number of hydrogen-bond acceptors (Lipinski definition) is 6. The van der Waals surface area contributed by atoms with Crippen molar-refractivity contribution in [2.75, 3.05) is 13.7 Å². The third-order valence-electron chi connectivity index (χ3n) is 4.12. The van der Waals surface area contributed by atoms with E-state index in [-0.39, 0.29) is 6.02 Å². The van der Waals surface area contributed by atoms with Crippen LogP contribution in [0.4, 0.5) is 0 Å². The summed E-state index contributed by atoms with van der Waals surface area (Å²) < 4.78 is 17.6. The molecule has 3 heterocycles. The lowest BCUT2D eigenvalue weighted by Crippen LogP contribution is -2.38. The minimum absolute atomic E-state index is 0.172. The number of amidine groups is 1.